The average molecular weight is 288 g/mol. The zero-order valence-electron chi connectivity index (χ0n) is 13.1. The number of rotatable bonds is 9. The van der Waals surface area contributed by atoms with Crippen LogP contribution in [0, 0.1) is 5.92 Å². The fourth-order valence-corrected chi connectivity index (χ4v) is 3.00. The molecule has 0 spiro atoms. The number of nitrogens with two attached hydrogens (primary N) is 1. The second-order valence-electron chi connectivity index (χ2n) is 6.54. The maximum absolute atomic E-state index is 6.11. The lowest BCUT2D eigenvalue weighted by molar-refractivity contribution is 0.182. The maximum Gasteiger partial charge on any atom is 0.119 e. The van der Waals surface area contributed by atoms with Crippen LogP contribution in [0.15, 0.2) is 24.3 Å². The fraction of sp³-hybridized carbons (Fsp3) is 0.667. The minimum Gasteiger partial charge on any atom is -0.494 e. The first-order chi connectivity index (χ1) is 10.3. The molecule has 1 atom stereocenters. The molecule has 1 aromatic rings. The van der Waals surface area contributed by atoms with E-state index in [0.717, 1.165) is 30.7 Å². The van der Waals surface area contributed by atoms with Crippen molar-refractivity contribution in [1.29, 1.82) is 0 Å². The highest BCUT2D eigenvalue weighted by Gasteiger charge is 2.37. The van der Waals surface area contributed by atoms with Crippen LogP contribution >= 0.6 is 0 Å². The van der Waals surface area contributed by atoms with Crippen LogP contribution in [0.2, 0.25) is 0 Å². The van der Waals surface area contributed by atoms with Gasteiger partial charge < -0.3 is 10.5 Å². The molecule has 2 saturated carbocycles. The first kappa shape index (κ1) is 14.9. The quantitative estimate of drug-likeness (QED) is 0.757. The Kier molecular flexibility index (Phi) is 4.81. The summed E-state index contributed by atoms with van der Waals surface area (Å²) >= 11 is 0. The van der Waals surface area contributed by atoms with E-state index in [9.17, 15) is 0 Å². The SMILES string of the molecule is CCCOc1ccc(C(CN)N(CC2CC2)C2CC2)cc1. The molecular weight excluding hydrogens is 260 g/mol. The monoisotopic (exact) mass is 288 g/mol. The molecule has 0 bridgehead atoms. The Morgan fingerprint density at radius 3 is 2.43 bits per heavy atom. The van der Waals surface area contributed by atoms with E-state index in [2.05, 4.69) is 36.1 Å². The molecular formula is C18H28N2O. The van der Waals surface area contributed by atoms with Gasteiger partial charge in [0.15, 0.2) is 0 Å². The number of benzene rings is 1. The Bertz CT molecular complexity index is 437. The van der Waals surface area contributed by atoms with Gasteiger partial charge in [0.05, 0.1) is 6.61 Å². The van der Waals surface area contributed by atoms with Gasteiger partial charge in [-0.05, 0) is 55.7 Å². The van der Waals surface area contributed by atoms with Gasteiger partial charge in [0.25, 0.3) is 0 Å². The van der Waals surface area contributed by atoms with Gasteiger partial charge in [-0.2, -0.15) is 0 Å². The van der Waals surface area contributed by atoms with Gasteiger partial charge in [-0.25, -0.2) is 0 Å². The van der Waals surface area contributed by atoms with E-state index in [-0.39, 0.29) is 0 Å². The summed E-state index contributed by atoms with van der Waals surface area (Å²) in [6, 6.07) is 9.73. The first-order valence-corrected chi connectivity index (χ1v) is 8.50. The molecule has 3 rings (SSSR count). The molecule has 2 aliphatic carbocycles. The van der Waals surface area contributed by atoms with Crippen LogP contribution < -0.4 is 10.5 Å². The normalized spacial score (nSPS) is 19.8. The van der Waals surface area contributed by atoms with Gasteiger partial charge in [0.1, 0.15) is 5.75 Å². The molecule has 0 aliphatic heterocycles. The van der Waals surface area contributed by atoms with Crippen LogP contribution in [-0.2, 0) is 0 Å². The van der Waals surface area contributed by atoms with E-state index in [1.807, 2.05) is 0 Å². The summed E-state index contributed by atoms with van der Waals surface area (Å²) in [5.74, 6) is 1.89. The Labute approximate surface area is 128 Å². The third-order valence-electron chi connectivity index (χ3n) is 4.54. The van der Waals surface area contributed by atoms with Crippen LogP contribution in [0.1, 0.15) is 50.6 Å². The smallest absolute Gasteiger partial charge is 0.119 e. The largest absolute Gasteiger partial charge is 0.494 e. The summed E-state index contributed by atoms with van der Waals surface area (Å²) in [5, 5.41) is 0. The Balaban J connectivity index is 1.68. The Hall–Kier alpha value is -1.06. The second-order valence-corrected chi connectivity index (χ2v) is 6.54. The number of hydrogen-bond acceptors (Lipinski definition) is 3. The van der Waals surface area contributed by atoms with Crippen LogP contribution in [0.5, 0.6) is 5.75 Å². The van der Waals surface area contributed by atoms with Crippen molar-refractivity contribution >= 4 is 0 Å². The van der Waals surface area contributed by atoms with Gasteiger partial charge in [-0.1, -0.05) is 19.1 Å². The number of ether oxygens (including phenoxy) is 1. The van der Waals surface area contributed by atoms with Crippen molar-refractivity contribution in [3.8, 4) is 5.75 Å². The van der Waals surface area contributed by atoms with Crippen molar-refractivity contribution in [3.63, 3.8) is 0 Å². The van der Waals surface area contributed by atoms with Crippen molar-refractivity contribution in [2.75, 3.05) is 19.7 Å². The average Bonchev–Trinajstić information content (AvgIpc) is 3.39. The summed E-state index contributed by atoms with van der Waals surface area (Å²) in [7, 11) is 0. The van der Waals surface area contributed by atoms with Crippen LogP contribution in [0.25, 0.3) is 0 Å². The Morgan fingerprint density at radius 2 is 1.90 bits per heavy atom. The molecule has 0 amide bonds. The summed E-state index contributed by atoms with van der Waals surface area (Å²) in [5.41, 5.74) is 7.45. The van der Waals surface area contributed by atoms with Gasteiger partial charge in [0, 0.05) is 25.2 Å². The Morgan fingerprint density at radius 1 is 1.19 bits per heavy atom. The van der Waals surface area contributed by atoms with Crippen LogP contribution in [0.3, 0.4) is 0 Å². The molecule has 1 aromatic carbocycles. The molecule has 2 N–H and O–H groups in total. The van der Waals surface area contributed by atoms with Crippen molar-refractivity contribution in [1.82, 2.24) is 4.90 Å². The van der Waals surface area contributed by atoms with Crippen molar-refractivity contribution < 1.29 is 4.74 Å². The van der Waals surface area contributed by atoms with Crippen molar-refractivity contribution in [3.05, 3.63) is 29.8 Å². The minimum absolute atomic E-state index is 0.373. The molecule has 2 fully saturated rings. The van der Waals surface area contributed by atoms with Crippen molar-refractivity contribution in [2.45, 2.75) is 51.1 Å². The molecule has 0 aromatic heterocycles. The van der Waals surface area contributed by atoms with Gasteiger partial charge >= 0.3 is 0 Å². The zero-order valence-corrected chi connectivity index (χ0v) is 13.1. The van der Waals surface area contributed by atoms with E-state index in [0.29, 0.717) is 12.6 Å². The van der Waals surface area contributed by atoms with E-state index in [1.54, 1.807) is 0 Å². The maximum atomic E-state index is 6.11. The predicted octanol–water partition coefficient (Wildman–Crippen LogP) is 3.35. The molecule has 0 saturated heterocycles. The molecule has 1 unspecified atom stereocenters. The lowest BCUT2D eigenvalue weighted by Gasteiger charge is -2.31. The lowest BCUT2D eigenvalue weighted by atomic mass is 10.0. The van der Waals surface area contributed by atoms with E-state index in [1.165, 1.54) is 37.8 Å². The van der Waals surface area contributed by atoms with Crippen LogP contribution in [0.4, 0.5) is 0 Å². The molecule has 21 heavy (non-hydrogen) atoms. The van der Waals surface area contributed by atoms with E-state index in [4.69, 9.17) is 10.5 Å². The third kappa shape index (κ3) is 3.98. The summed E-state index contributed by atoms with van der Waals surface area (Å²) in [4.78, 5) is 2.67. The van der Waals surface area contributed by atoms with Gasteiger partial charge in [0.2, 0.25) is 0 Å². The summed E-state index contributed by atoms with van der Waals surface area (Å²) in [6.07, 6.45) is 6.56. The molecule has 3 nitrogen and oxygen atoms in total. The topological polar surface area (TPSA) is 38.5 Å². The highest BCUT2D eigenvalue weighted by Crippen LogP contribution is 2.39. The van der Waals surface area contributed by atoms with Gasteiger partial charge in [-0.15, -0.1) is 0 Å². The second kappa shape index (κ2) is 6.80. The molecule has 0 heterocycles. The highest BCUT2D eigenvalue weighted by atomic mass is 16.5. The molecule has 0 radical (unpaired) electrons. The summed E-state index contributed by atoms with van der Waals surface area (Å²) in [6.45, 7) is 4.86. The van der Waals surface area contributed by atoms with E-state index >= 15 is 0 Å². The predicted molar refractivity (Wildman–Crippen MR) is 86.5 cm³/mol. The minimum atomic E-state index is 0.373. The number of nitrogens with zero attached hydrogens (tertiary/aromatic N) is 1. The highest BCUT2D eigenvalue weighted by molar-refractivity contribution is 5.29. The standard InChI is InChI=1S/C18H28N2O/c1-2-11-21-17-9-5-15(6-10-17)18(12-19)20(16-7-8-16)13-14-3-4-14/h5-6,9-10,14,16,18H,2-4,7-8,11-13,19H2,1H3. The van der Waals surface area contributed by atoms with Crippen molar-refractivity contribution in [2.24, 2.45) is 11.7 Å². The molecule has 116 valence electrons. The first-order valence-electron chi connectivity index (χ1n) is 8.50. The van der Waals surface area contributed by atoms with E-state index < -0.39 is 0 Å². The number of hydrogen-bond donors (Lipinski definition) is 1. The fourth-order valence-electron chi connectivity index (χ4n) is 3.00. The lowest BCUT2D eigenvalue weighted by Crippen LogP contribution is -2.37. The van der Waals surface area contributed by atoms with Gasteiger partial charge in [-0.3, -0.25) is 4.90 Å². The molecule has 3 heteroatoms. The molecule has 2 aliphatic rings. The zero-order chi connectivity index (χ0) is 14.7. The summed E-state index contributed by atoms with van der Waals surface area (Å²) < 4.78 is 5.67. The van der Waals surface area contributed by atoms with Crippen LogP contribution in [-0.4, -0.2) is 30.6 Å². The third-order valence-corrected chi connectivity index (χ3v) is 4.54.